The summed E-state index contributed by atoms with van der Waals surface area (Å²) in [6.07, 6.45) is 4.18. The van der Waals surface area contributed by atoms with Crippen LogP contribution in [0.4, 0.5) is 17.1 Å². The zero-order chi connectivity index (χ0) is 18.1. The molecular formula is C20H25N3O2. The van der Waals surface area contributed by atoms with Crippen molar-refractivity contribution in [2.24, 2.45) is 5.73 Å². The Kier molecular flexibility index (Phi) is 7.01. The molecule has 0 aliphatic rings. The van der Waals surface area contributed by atoms with Gasteiger partial charge in [0.25, 0.3) is 0 Å². The Hall–Kier alpha value is -2.82. The van der Waals surface area contributed by atoms with Gasteiger partial charge >= 0.3 is 0 Å². The lowest BCUT2D eigenvalue weighted by Gasteiger charge is -2.24. The minimum absolute atomic E-state index is 0.0130. The van der Waals surface area contributed by atoms with E-state index in [9.17, 15) is 9.59 Å². The average Bonchev–Trinajstić information content (AvgIpc) is 2.60. The molecule has 5 nitrogen and oxygen atoms in total. The summed E-state index contributed by atoms with van der Waals surface area (Å²) in [5, 5.41) is 0. The van der Waals surface area contributed by atoms with Gasteiger partial charge in [-0.2, -0.15) is 0 Å². The van der Waals surface area contributed by atoms with Crippen LogP contribution >= 0.6 is 0 Å². The smallest absolute Gasteiger partial charge is 0.231 e. The summed E-state index contributed by atoms with van der Waals surface area (Å²) in [6, 6.07) is 16.9. The van der Waals surface area contributed by atoms with Crippen LogP contribution in [-0.4, -0.2) is 11.8 Å². The van der Waals surface area contributed by atoms with Gasteiger partial charge < -0.3 is 11.5 Å². The van der Waals surface area contributed by atoms with Gasteiger partial charge in [0, 0.05) is 18.5 Å². The molecule has 2 aromatic carbocycles. The van der Waals surface area contributed by atoms with E-state index < -0.39 is 0 Å². The van der Waals surface area contributed by atoms with Gasteiger partial charge in [-0.15, -0.1) is 0 Å². The van der Waals surface area contributed by atoms with E-state index in [4.69, 9.17) is 11.5 Å². The van der Waals surface area contributed by atoms with E-state index in [2.05, 4.69) is 0 Å². The summed E-state index contributed by atoms with van der Waals surface area (Å²) in [5.41, 5.74) is 13.3. The monoisotopic (exact) mass is 339 g/mol. The largest absolute Gasteiger partial charge is 0.397 e. The topological polar surface area (TPSA) is 89.4 Å². The highest BCUT2D eigenvalue weighted by atomic mass is 16.2. The number of primary amides is 1. The van der Waals surface area contributed by atoms with Crippen molar-refractivity contribution in [1.29, 1.82) is 0 Å². The molecule has 0 radical (unpaired) electrons. The highest BCUT2D eigenvalue weighted by molar-refractivity contribution is 6.02. The third kappa shape index (κ3) is 5.64. The summed E-state index contributed by atoms with van der Waals surface area (Å²) >= 11 is 0. The molecule has 0 atom stereocenters. The molecule has 2 rings (SSSR count). The van der Waals surface area contributed by atoms with Gasteiger partial charge in [0.05, 0.1) is 11.4 Å². The van der Waals surface area contributed by atoms with Crippen LogP contribution in [0.3, 0.4) is 0 Å². The number of hydrogen-bond acceptors (Lipinski definition) is 3. The summed E-state index contributed by atoms with van der Waals surface area (Å²) in [5.74, 6) is -0.259. The second-order valence-electron chi connectivity index (χ2n) is 6.00. The Morgan fingerprint density at radius 2 is 1.40 bits per heavy atom. The van der Waals surface area contributed by atoms with Crippen molar-refractivity contribution in [3.63, 3.8) is 0 Å². The summed E-state index contributed by atoms with van der Waals surface area (Å²) < 4.78 is 0. The third-order valence-electron chi connectivity index (χ3n) is 4.01. The number of hydrogen-bond donors (Lipinski definition) is 2. The van der Waals surface area contributed by atoms with E-state index in [-0.39, 0.29) is 11.8 Å². The first kappa shape index (κ1) is 18.5. The molecule has 0 saturated carbocycles. The fraction of sp³-hybridized carbons (Fsp3) is 0.300. The number of benzene rings is 2. The Morgan fingerprint density at radius 1 is 0.800 bits per heavy atom. The van der Waals surface area contributed by atoms with Gasteiger partial charge in [0.15, 0.2) is 0 Å². The fourth-order valence-corrected chi connectivity index (χ4v) is 2.73. The summed E-state index contributed by atoms with van der Waals surface area (Å²) in [4.78, 5) is 25.2. The Bertz CT molecular complexity index is 701. The van der Waals surface area contributed by atoms with Gasteiger partial charge in [-0.1, -0.05) is 43.2 Å². The van der Waals surface area contributed by atoms with Crippen LogP contribution in [0.2, 0.25) is 0 Å². The number of nitrogens with zero attached hydrogens (tertiary/aromatic N) is 1. The molecule has 25 heavy (non-hydrogen) atoms. The molecule has 0 heterocycles. The minimum atomic E-state index is -0.272. The second-order valence-corrected chi connectivity index (χ2v) is 6.00. The normalized spacial score (nSPS) is 10.4. The van der Waals surface area contributed by atoms with Gasteiger partial charge in [-0.25, -0.2) is 0 Å². The van der Waals surface area contributed by atoms with Crippen molar-refractivity contribution in [3.05, 3.63) is 54.6 Å². The minimum Gasteiger partial charge on any atom is -0.397 e. The highest BCUT2D eigenvalue weighted by Crippen LogP contribution is 2.31. The summed E-state index contributed by atoms with van der Waals surface area (Å²) in [7, 11) is 0. The van der Waals surface area contributed by atoms with Crippen LogP contribution in [0.15, 0.2) is 54.6 Å². The number of para-hydroxylation sites is 3. The second kappa shape index (κ2) is 9.47. The first-order chi connectivity index (χ1) is 12.1. The van der Waals surface area contributed by atoms with Crippen LogP contribution in [0.5, 0.6) is 0 Å². The van der Waals surface area contributed by atoms with Crippen LogP contribution in [-0.2, 0) is 9.59 Å². The molecule has 2 amide bonds. The number of carbonyl (C=O) groups excluding carboxylic acids is 2. The predicted molar refractivity (Wildman–Crippen MR) is 101 cm³/mol. The van der Waals surface area contributed by atoms with Gasteiger partial charge in [0.2, 0.25) is 11.8 Å². The maximum Gasteiger partial charge on any atom is 0.231 e. The van der Waals surface area contributed by atoms with Crippen molar-refractivity contribution >= 4 is 28.9 Å². The zero-order valence-electron chi connectivity index (χ0n) is 14.4. The predicted octanol–water partition coefficient (Wildman–Crippen LogP) is 3.76. The molecule has 0 fully saturated rings. The molecule has 0 aliphatic carbocycles. The van der Waals surface area contributed by atoms with Crippen molar-refractivity contribution in [2.45, 2.75) is 38.5 Å². The van der Waals surface area contributed by atoms with Crippen molar-refractivity contribution < 1.29 is 9.59 Å². The van der Waals surface area contributed by atoms with Crippen LogP contribution in [0.1, 0.15) is 38.5 Å². The number of carbonyl (C=O) groups is 2. The average molecular weight is 339 g/mol. The van der Waals surface area contributed by atoms with E-state index in [1.165, 1.54) is 0 Å². The SMILES string of the molecule is NC(=O)CCCCCCC(=O)N(c1ccccc1)c1ccccc1N. The Morgan fingerprint density at radius 3 is 2.04 bits per heavy atom. The quantitative estimate of drug-likeness (QED) is 0.538. The lowest BCUT2D eigenvalue weighted by molar-refractivity contribution is -0.119. The van der Waals surface area contributed by atoms with Crippen LogP contribution < -0.4 is 16.4 Å². The molecule has 5 heteroatoms. The number of unbranched alkanes of at least 4 members (excludes halogenated alkanes) is 3. The molecule has 0 saturated heterocycles. The van der Waals surface area contributed by atoms with Crippen molar-refractivity contribution in [3.8, 4) is 0 Å². The number of anilines is 3. The van der Waals surface area contributed by atoms with E-state index in [0.717, 1.165) is 31.4 Å². The molecule has 0 aliphatic heterocycles. The number of nitrogens with two attached hydrogens (primary N) is 2. The van der Waals surface area contributed by atoms with E-state index in [0.29, 0.717) is 24.2 Å². The molecule has 0 aromatic heterocycles. The molecule has 0 unspecified atom stereocenters. The number of amides is 2. The van der Waals surface area contributed by atoms with Crippen molar-refractivity contribution in [1.82, 2.24) is 0 Å². The van der Waals surface area contributed by atoms with E-state index in [1.807, 2.05) is 48.5 Å². The first-order valence-corrected chi connectivity index (χ1v) is 8.60. The van der Waals surface area contributed by atoms with Crippen LogP contribution in [0, 0.1) is 0 Å². The Labute approximate surface area is 148 Å². The fourth-order valence-electron chi connectivity index (χ4n) is 2.73. The third-order valence-corrected chi connectivity index (χ3v) is 4.01. The molecule has 132 valence electrons. The van der Waals surface area contributed by atoms with E-state index in [1.54, 1.807) is 11.0 Å². The maximum atomic E-state index is 12.8. The molecule has 0 spiro atoms. The van der Waals surface area contributed by atoms with Gasteiger partial charge in [0.1, 0.15) is 0 Å². The molecule has 2 aromatic rings. The lowest BCUT2D eigenvalue weighted by Crippen LogP contribution is -2.26. The number of rotatable bonds is 9. The maximum absolute atomic E-state index is 12.8. The van der Waals surface area contributed by atoms with E-state index >= 15 is 0 Å². The standard InChI is InChI=1S/C20H25N3O2/c21-17-12-8-9-13-18(17)23(16-10-4-3-5-11-16)20(25)15-7-2-1-6-14-19(22)24/h3-5,8-13H,1-2,6-7,14-15,21H2,(H2,22,24). The lowest BCUT2D eigenvalue weighted by atomic mass is 10.1. The number of nitrogen functional groups attached to an aromatic ring is 1. The summed E-state index contributed by atoms with van der Waals surface area (Å²) in [6.45, 7) is 0. The molecule has 0 bridgehead atoms. The van der Waals surface area contributed by atoms with Gasteiger partial charge in [-0.05, 0) is 37.1 Å². The molecule has 4 N–H and O–H groups in total. The Balaban J connectivity index is 2.02. The first-order valence-electron chi connectivity index (χ1n) is 8.60. The highest BCUT2D eigenvalue weighted by Gasteiger charge is 2.19. The van der Waals surface area contributed by atoms with Crippen LogP contribution in [0.25, 0.3) is 0 Å². The van der Waals surface area contributed by atoms with Gasteiger partial charge in [-0.3, -0.25) is 14.5 Å². The van der Waals surface area contributed by atoms with Crippen molar-refractivity contribution in [2.75, 3.05) is 10.6 Å². The zero-order valence-corrected chi connectivity index (χ0v) is 14.4. The molecular weight excluding hydrogens is 314 g/mol.